The van der Waals surface area contributed by atoms with Crippen molar-refractivity contribution in [3.05, 3.63) is 34.5 Å². The van der Waals surface area contributed by atoms with Crippen LogP contribution in [0.15, 0.2) is 24.8 Å². The van der Waals surface area contributed by atoms with Gasteiger partial charge in [0.1, 0.15) is 0 Å². The Balaban J connectivity index is 2.43. The van der Waals surface area contributed by atoms with E-state index in [9.17, 15) is 0 Å². The highest BCUT2D eigenvalue weighted by atomic mass is 32.1. The minimum absolute atomic E-state index is 0.222. The van der Waals surface area contributed by atoms with Crippen LogP contribution in [-0.4, -0.2) is 0 Å². The molecule has 0 spiro atoms. The summed E-state index contributed by atoms with van der Waals surface area (Å²) in [4.78, 5) is 2.75. The highest BCUT2D eigenvalue weighted by Gasteiger charge is 2.07. The van der Waals surface area contributed by atoms with Crippen molar-refractivity contribution in [2.45, 2.75) is 38.6 Å². The summed E-state index contributed by atoms with van der Waals surface area (Å²) in [5.41, 5.74) is 6.08. The number of nitrogens with two attached hydrogens (primary N) is 1. The predicted octanol–water partition coefficient (Wildman–Crippen LogP) is 3.67. The summed E-state index contributed by atoms with van der Waals surface area (Å²) in [7, 11) is 0. The second-order valence-electron chi connectivity index (χ2n) is 3.48. The summed E-state index contributed by atoms with van der Waals surface area (Å²) < 4.78 is 0. The summed E-state index contributed by atoms with van der Waals surface area (Å²) >= 11 is 1.85. The zero-order chi connectivity index (χ0) is 10.4. The van der Waals surface area contributed by atoms with Gasteiger partial charge >= 0.3 is 0 Å². The van der Waals surface area contributed by atoms with E-state index in [1.807, 2.05) is 17.4 Å². The van der Waals surface area contributed by atoms with Gasteiger partial charge in [0, 0.05) is 15.8 Å². The van der Waals surface area contributed by atoms with Gasteiger partial charge < -0.3 is 5.73 Å². The van der Waals surface area contributed by atoms with E-state index in [0.29, 0.717) is 0 Å². The van der Waals surface area contributed by atoms with Crippen molar-refractivity contribution >= 4 is 11.3 Å². The Labute approximate surface area is 90.6 Å². The third-order valence-electron chi connectivity index (χ3n) is 2.32. The normalized spacial score (nSPS) is 12.7. The van der Waals surface area contributed by atoms with Gasteiger partial charge in [-0.1, -0.05) is 13.0 Å². The number of allylic oxidation sites excluding steroid dienone is 1. The Kier molecular flexibility index (Phi) is 4.91. The number of hydrogen-bond donors (Lipinski definition) is 1. The molecular formula is C12H19NS. The van der Waals surface area contributed by atoms with E-state index in [1.165, 1.54) is 9.75 Å². The van der Waals surface area contributed by atoms with Gasteiger partial charge in [-0.3, -0.25) is 0 Å². The fraction of sp³-hybridized carbons (Fsp3) is 0.500. The molecule has 0 aromatic carbocycles. The molecule has 0 aliphatic heterocycles. The maximum Gasteiger partial charge on any atom is 0.0389 e. The highest BCUT2D eigenvalue weighted by molar-refractivity contribution is 7.12. The van der Waals surface area contributed by atoms with E-state index in [2.05, 4.69) is 25.6 Å². The van der Waals surface area contributed by atoms with Crippen molar-refractivity contribution in [2.75, 3.05) is 0 Å². The summed E-state index contributed by atoms with van der Waals surface area (Å²) in [6.45, 7) is 5.89. The SMILES string of the molecule is C=CCCCC(N)c1ccc(CC)s1. The Bertz CT molecular complexity index is 278. The fourth-order valence-corrected chi connectivity index (χ4v) is 2.40. The number of thiophene rings is 1. The van der Waals surface area contributed by atoms with Crippen LogP contribution in [0.3, 0.4) is 0 Å². The van der Waals surface area contributed by atoms with Crippen LogP contribution in [0.25, 0.3) is 0 Å². The Hall–Kier alpha value is -0.600. The molecule has 1 aromatic rings. The third-order valence-corrected chi connectivity index (χ3v) is 3.68. The van der Waals surface area contributed by atoms with Crippen molar-refractivity contribution < 1.29 is 0 Å². The molecule has 0 amide bonds. The van der Waals surface area contributed by atoms with Gasteiger partial charge in [-0.2, -0.15) is 0 Å². The molecule has 0 saturated carbocycles. The summed E-state index contributed by atoms with van der Waals surface area (Å²) in [6.07, 6.45) is 6.35. The quantitative estimate of drug-likeness (QED) is 0.561. The van der Waals surface area contributed by atoms with Gasteiger partial charge in [-0.15, -0.1) is 17.9 Å². The largest absolute Gasteiger partial charge is 0.323 e. The standard InChI is InChI=1S/C12H19NS/c1-3-5-6-7-11(13)12-9-8-10(4-2)14-12/h3,8-9,11H,1,4-7,13H2,2H3. The maximum atomic E-state index is 6.08. The van der Waals surface area contributed by atoms with Crippen molar-refractivity contribution in [3.63, 3.8) is 0 Å². The zero-order valence-corrected chi connectivity index (χ0v) is 9.65. The molecule has 0 aliphatic carbocycles. The summed E-state index contributed by atoms with van der Waals surface area (Å²) in [5, 5.41) is 0. The summed E-state index contributed by atoms with van der Waals surface area (Å²) in [5.74, 6) is 0. The summed E-state index contributed by atoms with van der Waals surface area (Å²) in [6, 6.07) is 4.58. The zero-order valence-electron chi connectivity index (χ0n) is 8.83. The first kappa shape index (κ1) is 11.5. The molecule has 0 saturated heterocycles. The highest BCUT2D eigenvalue weighted by Crippen LogP contribution is 2.25. The van der Waals surface area contributed by atoms with Gasteiger partial charge in [0.05, 0.1) is 0 Å². The second kappa shape index (κ2) is 5.99. The molecule has 2 heteroatoms. The Morgan fingerprint density at radius 1 is 1.57 bits per heavy atom. The molecule has 1 unspecified atom stereocenters. The van der Waals surface area contributed by atoms with Crippen LogP contribution in [0.4, 0.5) is 0 Å². The maximum absolute atomic E-state index is 6.08. The van der Waals surface area contributed by atoms with E-state index >= 15 is 0 Å². The lowest BCUT2D eigenvalue weighted by molar-refractivity contribution is 0.626. The smallest absolute Gasteiger partial charge is 0.0389 e. The molecule has 0 bridgehead atoms. The molecule has 1 nitrogen and oxygen atoms in total. The molecule has 14 heavy (non-hydrogen) atoms. The number of hydrogen-bond acceptors (Lipinski definition) is 2. The lowest BCUT2D eigenvalue weighted by Crippen LogP contribution is -2.07. The molecule has 78 valence electrons. The first-order valence-corrected chi connectivity index (χ1v) is 6.04. The molecule has 1 atom stereocenters. The van der Waals surface area contributed by atoms with Crippen LogP contribution < -0.4 is 5.73 Å². The number of aryl methyl sites for hydroxylation is 1. The van der Waals surface area contributed by atoms with Crippen molar-refractivity contribution in [1.82, 2.24) is 0 Å². The van der Waals surface area contributed by atoms with E-state index in [1.54, 1.807) is 0 Å². The third kappa shape index (κ3) is 3.28. The molecule has 1 heterocycles. The molecule has 2 N–H and O–H groups in total. The van der Waals surface area contributed by atoms with E-state index in [0.717, 1.165) is 25.7 Å². The number of unbranched alkanes of at least 4 members (excludes halogenated alkanes) is 1. The first-order valence-electron chi connectivity index (χ1n) is 5.23. The van der Waals surface area contributed by atoms with E-state index < -0.39 is 0 Å². The van der Waals surface area contributed by atoms with Crippen molar-refractivity contribution in [3.8, 4) is 0 Å². The average molecular weight is 209 g/mol. The molecule has 0 fully saturated rings. The molecule has 1 rings (SSSR count). The Morgan fingerprint density at radius 3 is 2.93 bits per heavy atom. The van der Waals surface area contributed by atoms with Crippen LogP contribution in [-0.2, 0) is 6.42 Å². The predicted molar refractivity (Wildman–Crippen MR) is 64.7 cm³/mol. The van der Waals surface area contributed by atoms with Crippen molar-refractivity contribution in [2.24, 2.45) is 5.73 Å². The Morgan fingerprint density at radius 2 is 2.36 bits per heavy atom. The van der Waals surface area contributed by atoms with Gasteiger partial charge in [0.2, 0.25) is 0 Å². The second-order valence-corrected chi connectivity index (χ2v) is 4.68. The van der Waals surface area contributed by atoms with E-state index in [-0.39, 0.29) is 6.04 Å². The van der Waals surface area contributed by atoms with Crippen LogP contribution >= 0.6 is 11.3 Å². The molecule has 1 aromatic heterocycles. The average Bonchev–Trinajstić information content (AvgIpc) is 2.66. The minimum atomic E-state index is 0.222. The van der Waals surface area contributed by atoms with Crippen molar-refractivity contribution in [1.29, 1.82) is 0 Å². The van der Waals surface area contributed by atoms with Crippen LogP contribution in [0, 0.1) is 0 Å². The fourth-order valence-electron chi connectivity index (χ4n) is 1.41. The van der Waals surface area contributed by atoms with Crippen LogP contribution in [0.5, 0.6) is 0 Å². The van der Waals surface area contributed by atoms with Gasteiger partial charge in [0.15, 0.2) is 0 Å². The van der Waals surface area contributed by atoms with Gasteiger partial charge in [0.25, 0.3) is 0 Å². The minimum Gasteiger partial charge on any atom is -0.323 e. The van der Waals surface area contributed by atoms with Gasteiger partial charge in [-0.25, -0.2) is 0 Å². The van der Waals surface area contributed by atoms with Crippen LogP contribution in [0.2, 0.25) is 0 Å². The van der Waals surface area contributed by atoms with E-state index in [4.69, 9.17) is 5.73 Å². The topological polar surface area (TPSA) is 26.0 Å². The number of rotatable bonds is 6. The molecular weight excluding hydrogens is 190 g/mol. The van der Waals surface area contributed by atoms with Gasteiger partial charge in [-0.05, 0) is 37.8 Å². The van der Waals surface area contributed by atoms with Crippen LogP contribution in [0.1, 0.15) is 42.0 Å². The molecule has 0 aliphatic rings. The lowest BCUT2D eigenvalue weighted by Gasteiger charge is -2.07. The monoisotopic (exact) mass is 209 g/mol. The molecule has 0 radical (unpaired) electrons. The lowest BCUT2D eigenvalue weighted by atomic mass is 10.1. The first-order chi connectivity index (χ1) is 6.77.